The van der Waals surface area contributed by atoms with E-state index in [2.05, 4.69) is 0 Å². The molecule has 1 unspecified atom stereocenters. The normalized spacial score (nSPS) is 15.4. The van der Waals surface area contributed by atoms with E-state index in [9.17, 15) is 14.3 Å². The van der Waals surface area contributed by atoms with E-state index < -0.39 is 7.82 Å². The number of aryl methyl sites for hydroxylation is 1. The molecule has 142 valence electrons. The van der Waals surface area contributed by atoms with E-state index in [1.165, 1.54) is 0 Å². The first kappa shape index (κ1) is 25.7. The monoisotopic (exact) mass is 425 g/mol. The Kier molecular flexibility index (Phi) is 10.8. The van der Waals surface area contributed by atoms with Gasteiger partial charge in [-0.3, -0.25) is 9.69 Å². The number of carbonyl (C=O) groups is 1. The summed E-state index contributed by atoms with van der Waals surface area (Å²) in [5, 5.41) is 0. The standard InChI is InChI=1S/C18H20NO6P.2Na.2H/c1-14-2-6-17(7-3-14)24-26(21,22)25-18-12-16(5-4-15(18)13-20)19-8-10-23-11-9-19;;;;/h2-7,12-13H,8-11H2,1H3,(H,21,22);;;;. The molecule has 1 fully saturated rings. The Morgan fingerprint density at radius 3 is 2.32 bits per heavy atom. The minimum absolute atomic E-state index is 0. The molecule has 1 saturated heterocycles. The van der Waals surface area contributed by atoms with E-state index in [0.717, 1.165) is 11.3 Å². The van der Waals surface area contributed by atoms with Crippen LogP contribution in [-0.4, -0.2) is 96.6 Å². The van der Waals surface area contributed by atoms with Crippen LogP contribution in [0.25, 0.3) is 0 Å². The molecule has 0 saturated carbocycles. The second-order valence-corrected chi connectivity index (χ2v) is 7.21. The first-order valence-corrected chi connectivity index (χ1v) is 9.67. The van der Waals surface area contributed by atoms with E-state index in [0.29, 0.717) is 32.6 Å². The van der Waals surface area contributed by atoms with E-state index in [-0.39, 0.29) is 76.2 Å². The van der Waals surface area contributed by atoms with Gasteiger partial charge in [0.25, 0.3) is 0 Å². The van der Waals surface area contributed by atoms with Crippen LogP contribution in [0.4, 0.5) is 5.69 Å². The molecule has 0 amide bonds. The molecular formula is C18H22NNa2O6P. The number of hydrogen-bond donors (Lipinski definition) is 1. The van der Waals surface area contributed by atoms with Gasteiger partial charge in [0, 0.05) is 24.8 Å². The maximum absolute atomic E-state index is 12.4. The molecule has 10 heteroatoms. The van der Waals surface area contributed by atoms with Crippen LogP contribution in [0.1, 0.15) is 15.9 Å². The number of hydrogen-bond acceptors (Lipinski definition) is 6. The van der Waals surface area contributed by atoms with Crippen molar-refractivity contribution in [2.24, 2.45) is 0 Å². The Morgan fingerprint density at radius 1 is 1.07 bits per heavy atom. The van der Waals surface area contributed by atoms with Crippen molar-refractivity contribution in [1.82, 2.24) is 0 Å². The van der Waals surface area contributed by atoms with Crippen molar-refractivity contribution < 1.29 is 28.0 Å². The Bertz CT molecular complexity index is 827. The van der Waals surface area contributed by atoms with E-state index in [4.69, 9.17) is 13.8 Å². The summed E-state index contributed by atoms with van der Waals surface area (Å²) in [6.07, 6.45) is 0.574. The van der Waals surface area contributed by atoms with Crippen molar-refractivity contribution in [3.63, 3.8) is 0 Å². The number of phosphoric ester groups is 1. The van der Waals surface area contributed by atoms with Crippen LogP contribution in [0.15, 0.2) is 42.5 Å². The third kappa shape index (κ3) is 7.17. The van der Waals surface area contributed by atoms with Crippen molar-refractivity contribution >= 4 is 78.9 Å². The fourth-order valence-electron chi connectivity index (χ4n) is 2.59. The molecule has 0 radical (unpaired) electrons. The molecule has 2 aromatic rings. The topological polar surface area (TPSA) is 85.3 Å². The van der Waals surface area contributed by atoms with Gasteiger partial charge in [0.15, 0.2) is 6.29 Å². The van der Waals surface area contributed by atoms with Crippen LogP contribution in [0.5, 0.6) is 11.5 Å². The molecule has 3 rings (SSSR count). The Balaban J connectivity index is 0.00000196. The second kappa shape index (κ2) is 11.7. The predicted molar refractivity (Wildman–Crippen MR) is 111 cm³/mol. The molecule has 1 aliphatic rings. The van der Waals surface area contributed by atoms with Gasteiger partial charge >= 0.3 is 66.9 Å². The Labute approximate surface area is 208 Å². The fraction of sp³-hybridized carbons (Fsp3) is 0.278. The maximum atomic E-state index is 12.4. The summed E-state index contributed by atoms with van der Waals surface area (Å²) in [7, 11) is -4.45. The van der Waals surface area contributed by atoms with Crippen LogP contribution in [0.3, 0.4) is 0 Å². The number of morpholine rings is 1. The summed E-state index contributed by atoms with van der Waals surface area (Å²) in [5.41, 5.74) is 1.94. The molecule has 1 heterocycles. The van der Waals surface area contributed by atoms with E-state index in [1.807, 2.05) is 11.8 Å². The molecule has 0 aliphatic carbocycles. The molecule has 2 aromatic carbocycles. The summed E-state index contributed by atoms with van der Waals surface area (Å²) in [6, 6.07) is 11.6. The molecular weight excluding hydrogens is 403 g/mol. The van der Waals surface area contributed by atoms with Gasteiger partial charge in [0.1, 0.15) is 11.5 Å². The first-order valence-electron chi connectivity index (χ1n) is 8.17. The van der Waals surface area contributed by atoms with Gasteiger partial charge in [0.05, 0.1) is 18.8 Å². The van der Waals surface area contributed by atoms with Crippen molar-refractivity contribution in [2.75, 3.05) is 31.2 Å². The van der Waals surface area contributed by atoms with Crippen LogP contribution < -0.4 is 13.9 Å². The number of nitrogens with zero attached hydrogens (tertiary/aromatic N) is 1. The molecule has 1 atom stereocenters. The zero-order valence-electron chi connectivity index (χ0n) is 14.3. The van der Waals surface area contributed by atoms with Crippen molar-refractivity contribution in [2.45, 2.75) is 6.92 Å². The number of anilines is 1. The summed E-state index contributed by atoms with van der Waals surface area (Å²) in [4.78, 5) is 23.4. The quantitative estimate of drug-likeness (QED) is 0.430. The van der Waals surface area contributed by atoms with E-state index >= 15 is 0 Å². The zero-order chi connectivity index (χ0) is 18.6. The number of carbonyl (C=O) groups excluding carboxylic acids is 1. The number of rotatable bonds is 6. The van der Waals surface area contributed by atoms with Crippen LogP contribution >= 0.6 is 7.82 Å². The summed E-state index contributed by atoms with van der Waals surface area (Å²) < 4.78 is 27.9. The van der Waals surface area contributed by atoms with Crippen LogP contribution in [0, 0.1) is 6.92 Å². The third-order valence-electron chi connectivity index (χ3n) is 3.96. The molecule has 1 aliphatic heterocycles. The number of ether oxygens (including phenoxy) is 1. The van der Waals surface area contributed by atoms with Crippen LogP contribution in [-0.2, 0) is 9.30 Å². The SMILES string of the molecule is Cc1ccc(OP(=O)(O)Oc2cc(N3CCOCC3)ccc2C=O)cc1.[NaH].[NaH]. The summed E-state index contributed by atoms with van der Waals surface area (Å²) >= 11 is 0. The second-order valence-electron chi connectivity index (χ2n) is 5.90. The van der Waals surface area contributed by atoms with Gasteiger partial charge in [-0.15, -0.1) is 0 Å². The minimum atomic E-state index is -4.45. The summed E-state index contributed by atoms with van der Waals surface area (Å²) in [6.45, 7) is 4.47. The number of aldehydes is 1. The third-order valence-corrected chi connectivity index (χ3v) is 4.82. The predicted octanol–water partition coefficient (Wildman–Crippen LogP) is 1.91. The Morgan fingerprint density at radius 2 is 1.71 bits per heavy atom. The van der Waals surface area contributed by atoms with E-state index in [1.54, 1.807) is 42.5 Å². The molecule has 0 bridgehead atoms. The average Bonchev–Trinajstić information content (AvgIpc) is 2.64. The van der Waals surface area contributed by atoms with Gasteiger partial charge < -0.3 is 18.7 Å². The molecule has 1 N–H and O–H groups in total. The fourth-order valence-corrected chi connectivity index (χ4v) is 3.43. The summed E-state index contributed by atoms with van der Waals surface area (Å²) in [5.74, 6) is 0.209. The van der Waals surface area contributed by atoms with Crippen molar-refractivity contribution in [3.05, 3.63) is 53.6 Å². The molecule has 0 aromatic heterocycles. The van der Waals surface area contributed by atoms with Gasteiger partial charge in [-0.2, -0.15) is 0 Å². The van der Waals surface area contributed by atoms with Gasteiger partial charge in [0.2, 0.25) is 0 Å². The average molecular weight is 425 g/mol. The number of benzene rings is 2. The Hall–Kier alpha value is -0.340. The molecule has 28 heavy (non-hydrogen) atoms. The van der Waals surface area contributed by atoms with Gasteiger partial charge in [-0.1, -0.05) is 17.7 Å². The number of phosphoric acid groups is 1. The first-order chi connectivity index (χ1) is 12.5. The van der Waals surface area contributed by atoms with Crippen molar-refractivity contribution in [3.8, 4) is 11.5 Å². The molecule has 7 nitrogen and oxygen atoms in total. The van der Waals surface area contributed by atoms with Crippen LogP contribution in [0.2, 0.25) is 0 Å². The zero-order valence-corrected chi connectivity index (χ0v) is 15.2. The van der Waals surface area contributed by atoms with Gasteiger partial charge in [-0.25, -0.2) is 4.57 Å². The van der Waals surface area contributed by atoms with Gasteiger partial charge in [-0.05, 0) is 31.2 Å². The molecule has 0 spiro atoms. The van der Waals surface area contributed by atoms with Crippen molar-refractivity contribution in [1.29, 1.82) is 0 Å².